The van der Waals surface area contributed by atoms with Crippen LogP contribution in [0.2, 0.25) is 0 Å². The van der Waals surface area contributed by atoms with E-state index in [1.165, 1.54) is 33.5 Å². The Morgan fingerprint density at radius 2 is 0.581 bits per heavy atom. The molecule has 0 nitrogen and oxygen atoms in total. The molecule has 4 aromatic carbocycles. The molecule has 0 aliphatic rings. The van der Waals surface area contributed by atoms with Gasteiger partial charge in [0.25, 0.3) is 0 Å². The molecule has 0 saturated carbocycles. The molecule has 31 heavy (non-hydrogen) atoms. The normalized spacial score (nSPS) is 10.2. The van der Waals surface area contributed by atoms with Crippen molar-refractivity contribution in [1.29, 1.82) is 0 Å². The van der Waals surface area contributed by atoms with Crippen LogP contribution in [0.4, 0.5) is 0 Å². The molecule has 0 aliphatic heterocycles. The second kappa shape index (κ2) is 14.2. The van der Waals surface area contributed by atoms with E-state index in [1.54, 1.807) is 0 Å². The summed E-state index contributed by atoms with van der Waals surface area (Å²) < 4.78 is 0. The Kier molecular flexibility index (Phi) is 11.6. The summed E-state index contributed by atoms with van der Waals surface area (Å²) in [5.74, 6) is 0. The second-order valence-electron chi connectivity index (χ2n) is 6.83. The first-order valence-corrected chi connectivity index (χ1v) is 13.6. The van der Waals surface area contributed by atoms with Crippen LogP contribution < -0.4 is 21.2 Å². The fourth-order valence-electron chi connectivity index (χ4n) is 3.46. The molecule has 3 heteroatoms. The van der Waals surface area contributed by atoms with Gasteiger partial charge in [-0.2, -0.15) is 13.5 Å². The first kappa shape index (κ1) is 25.4. The van der Waals surface area contributed by atoms with Gasteiger partial charge < -0.3 is 0 Å². The highest BCUT2D eigenvalue weighted by molar-refractivity contribution is 7.73. The summed E-state index contributed by atoms with van der Waals surface area (Å²) in [6.45, 7) is 4.54. The van der Waals surface area contributed by atoms with Crippen molar-refractivity contribution in [1.82, 2.24) is 0 Å². The molecule has 0 bridgehead atoms. The van der Waals surface area contributed by atoms with Crippen molar-refractivity contribution in [2.24, 2.45) is 0 Å². The minimum absolute atomic E-state index is 0. The van der Waals surface area contributed by atoms with Gasteiger partial charge in [0.05, 0.1) is 0 Å². The maximum Gasteiger partial charge on any atom is -0.0195 e. The Morgan fingerprint density at radius 3 is 0.742 bits per heavy atom. The molecule has 0 N–H and O–H groups in total. The van der Waals surface area contributed by atoms with E-state index in [9.17, 15) is 0 Å². The van der Waals surface area contributed by atoms with Crippen LogP contribution in [0.3, 0.4) is 0 Å². The summed E-state index contributed by atoms with van der Waals surface area (Å²) in [6.07, 6.45) is 2.42. The lowest BCUT2D eigenvalue weighted by atomic mass is 10.4. The van der Waals surface area contributed by atoms with Gasteiger partial charge in [0, 0.05) is 0 Å². The lowest BCUT2D eigenvalue weighted by Crippen LogP contribution is -2.12. The predicted molar refractivity (Wildman–Crippen MR) is 150 cm³/mol. The summed E-state index contributed by atoms with van der Waals surface area (Å²) in [6, 6.07) is 43.3. The van der Waals surface area contributed by atoms with Gasteiger partial charge in [0.15, 0.2) is 0 Å². The molecule has 0 aromatic heterocycles. The molecule has 0 fully saturated rings. The van der Waals surface area contributed by atoms with E-state index in [0.717, 1.165) is 0 Å². The number of rotatable bonds is 6. The second-order valence-corrected chi connectivity index (χ2v) is 11.9. The zero-order chi connectivity index (χ0) is 21.0. The number of benzene rings is 4. The van der Waals surface area contributed by atoms with E-state index in [4.69, 9.17) is 0 Å². The minimum atomic E-state index is -0.149. The van der Waals surface area contributed by atoms with Crippen LogP contribution in [-0.2, 0) is 0 Å². The number of hydrogen-bond donors (Lipinski definition) is 0. The van der Waals surface area contributed by atoms with Crippen molar-refractivity contribution in [3.05, 3.63) is 121 Å². The largest absolute Gasteiger partial charge is 0.197 e. The minimum Gasteiger partial charge on any atom is -0.197 e. The van der Waals surface area contributed by atoms with E-state index >= 15 is 0 Å². The molecular weight excluding hydrogens is 430 g/mol. The van der Waals surface area contributed by atoms with Gasteiger partial charge in [-0.05, 0) is 49.4 Å². The van der Waals surface area contributed by atoms with E-state index < -0.39 is 0 Å². The Labute approximate surface area is 197 Å². The highest BCUT2D eigenvalue weighted by Crippen LogP contribution is 2.33. The third-order valence-electron chi connectivity index (χ3n) is 4.90. The third kappa shape index (κ3) is 7.62. The fourth-order valence-corrected chi connectivity index (χ4v) is 7.65. The molecule has 0 aliphatic carbocycles. The molecule has 0 spiro atoms. The molecule has 0 saturated heterocycles. The molecule has 4 rings (SSSR count). The van der Waals surface area contributed by atoms with Crippen molar-refractivity contribution in [3.63, 3.8) is 0 Å². The fraction of sp³-hybridized carbons (Fsp3) is 0.143. The van der Waals surface area contributed by atoms with Crippen molar-refractivity contribution in [2.45, 2.75) is 13.8 Å². The lowest BCUT2D eigenvalue weighted by Gasteiger charge is -2.16. The predicted octanol–water partition coefficient (Wildman–Crippen LogP) is 6.39. The molecular formula is C28H32P2S. The SMILES string of the molecule is CCP(c1ccccc1)c1ccccc1.CCP(c1ccccc1)c1ccccc1.S. The van der Waals surface area contributed by atoms with Crippen LogP contribution in [0.25, 0.3) is 0 Å². The van der Waals surface area contributed by atoms with E-state index in [1.807, 2.05) is 0 Å². The summed E-state index contributed by atoms with van der Waals surface area (Å²) in [5.41, 5.74) is 0. The maximum atomic E-state index is 2.27. The third-order valence-corrected chi connectivity index (χ3v) is 9.85. The van der Waals surface area contributed by atoms with E-state index in [2.05, 4.69) is 135 Å². The van der Waals surface area contributed by atoms with Crippen molar-refractivity contribution in [3.8, 4) is 0 Å². The standard InChI is InChI=1S/2C14H15P.H2S/c2*1-2-15(13-9-5-3-6-10-13)14-11-7-4-8-12-14;/h2*3-12H,2H2,1H3;1H2. The zero-order valence-electron chi connectivity index (χ0n) is 18.4. The Balaban J connectivity index is 0.000000213. The Morgan fingerprint density at radius 1 is 0.387 bits per heavy atom. The number of hydrogen-bond acceptors (Lipinski definition) is 0. The van der Waals surface area contributed by atoms with Crippen LogP contribution in [0, 0.1) is 0 Å². The molecule has 0 heterocycles. The van der Waals surface area contributed by atoms with E-state index in [-0.39, 0.29) is 29.3 Å². The van der Waals surface area contributed by atoms with Gasteiger partial charge in [-0.1, -0.05) is 135 Å². The zero-order valence-corrected chi connectivity index (χ0v) is 21.1. The van der Waals surface area contributed by atoms with Crippen molar-refractivity contribution in [2.75, 3.05) is 12.3 Å². The van der Waals surface area contributed by atoms with Crippen LogP contribution in [-0.4, -0.2) is 12.3 Å². The van der Waals surface area contributed by atoms with Crippen LogP contribution in [0.5, 0.6) is 0 Å². The average molecular weight is 463 g/mol. The molecule has 4 aromatic rings. The Bertz CT molecular complexity index is 799. The van der Waals surface area contributed by atoms with Gasteiger partial charge in [-0.15, -0.1) is 0 Å². The highest BCUT2D eigenvalue weighted by Gasteiger charge is 2.10. The smallest absolute Gasteiger partial charge is 0.0195 e. The van der Waals surface area contributed by atoms with Crippen LogP contribution >= 0.6 is 29.3 Å². The van der Waals surface area contributed by atoms with Gasteiger partial charge >= 0.3 is 0 Å². The maximum absolute atomic E-state index is 2.27. The van der Waals surface area contributed by atoms with Gasteiger partial charge in [0.2, 0.25) is 0 Å². The Hall–Kier alpha value is -1.91. The van der Waals surface area contributed by atoms with Crippen LogP contribution in [0.15, 0.2) is 121 Å². The average Bonchev–Trinajstić information content (AvgIpc) is 2.83. The van der Waals surface area contributed by atoms with Crippen molar-refractivity contribution < 1.29 is 0 Å². The highest BCUT2D eigenvalue weighted by atomic mass is 32.1. The monoisotopic (exact) mass is 462 g/mol. The van der Waals surface area contributed by atoms with Gasteiger partial charge in [-0.25, -0.2) is 0 Å². The van der Waals surface area contributed by atoms with Gasteiger partial charge in [0.1, 0.15) is 0 Å². The summed E-state index contributed by atoms with van der Waals surface area (Å²) in [4.78, 5) is 0. The first-order valence-electron chi connectivity index (χ1n) is 10.6. The molecule has 0 radical (unpaired) electrons. The first-order chi connectivity index (χ1) is 14.8. The lowest BCUT2D eigenvalue weighted by molar-refractivity contribution is 1.51. The summed E-state index contributed by atoms with van der Waals surface area (Å²) in [5, 5.41) is 5.89. The van der Waals surface area contributed by atoms with Gasteiger partial charge in [-0.3, -0.25) is 0 Å². The topological polar surface area (TPSA) is 0 Å². The summed E-state index contributed by atoms with van der Waals surface area (Å²) >= 11 is 0. The van der Waals surface area contributed by atoms with Crippen molar-refractivity contribution >= 4 is 50.6 Å². The van der Waals surface area contributed by atoms with E-state index in [0.29, 0.717) is 0 Å². The molecule has 0 unspecified atom stereocenters. The quantitative estimate of drug-likeness (QED) is 0.291. The summed E-state index contributed by atoms with van der Waals surface area (Å²) in [7, 11) is -0.297. The van der Waals surface area contributed by atoms with Crippen LogP contribution in [0.1, 0.15) is 13.8 Å². The molecule has 0 atom stereocenters. The molecule has 160 valence electrons. The molecule has 0 amide bonds.